The van der Waals surface area contributed by atoms with Crippen LogP contribution in [-0.2, 0) is 0 Å². The number of nitrogens with one attached hydrogen (secondary N) is 1. The third kappa shape index (κ3) is 5.39. The number of nitrogens with zero attached hydrogens (tertiary/aromatic N) is 1. The van der Waals surface area contributed by atoms with Gasteiger partial charge in [0.15, 0.2) is 0 Å². The molecule has 146 valence electrons. The Labute approximate surface area is 177 Å². The molecule has 0 atom stereocenters. The largest absolute Gasteiger partial charge is 0.422 e. The summed E-state index contributed by atoms with van der Waals surface area (Å²) in [6.45, 7) is 3.76. The topological polar surface area (TPSA) is 67.8 Å². The van der Waals surface area contributed by atoms with Crippen molar-refractivity contribution in [1.82, 2.24) is 5.43 Å². The standard InChI is InChI=1S/C23H19BrN2O3/c1-15-6-5-8-17(12-15)22(27)26-25-14-18-13-19(24)10-11-21(18)29-23(28)20-9-4-3-7-16(20)2/h3-14H,1-2H3,(H,26,27)/b25-14-. The number of carbonyl (C=O) groups is 2. The molecule has 1 N–H and O–H groups in total. The first kappa shape index (κ1) is 20.5. The highest BCUT2D eigenvalue weighted by Gasteiger charge is 2.13. The van der Waals surface area contributed by atoms with Crippen molar-refractivity contribution in [3.63, 3.8) is 0 Å². The average Bonchev–Trinajstić information content (AvgIpc) is 2.70. The Morgan fingerprint density at radius 1 is 1.00 bits per heavy atom. The molecule has 3 aromatic rings. The van der Waals surface area contributed by atoms with E-state index < -0.39 is 5.97 Å². The van der Waals surface area contributed by atoms with Crippen LogP contribution in [-0.4, -0.2) is 18.1 Å². The lowest BCUT2D eigenvalue weighted by molar-refractivity contribution is 0.0733. The molecule has 3 aromatic carbocycles. The zero-order valence-electron chi connectivity index (χ0n) is 16.0. The molecule has 0 saturated carbocycles. The predicted molar refractivity (Wildman–Crippen MR) is 117 cm³/mol. The molecule has 0 unspecified atom stereocenters. The van der Waals surface area contributed by atoms with Gasteiger partial charge in [0.25, 0.3) is 5.91 Å². The van der Waals surface area contributed by atoms with Crippen molar-refractivity contribution in [2.45, 2.75) is 13.8 Å². The summed E-state index contributed by atoms with van der Waals surface area (Å²) in [5.74, 6) is -0.433. The molecular formula is C23H19BrN2O3. The van der Waals surface area contributed by atoms with Crippen LogP contribution in [0, 0.1) is 13.8 Å². The Morgan fingerprint density at radius 3 is 2.55 bits per heavy atom. The van der Waals surface area contributed by atoms with E-state index in [4.69, 9.17) is 4.74 Å². The van der Waals surface area contributed by atoms with Crippen LogP contribution in [0.2, 0.25) is 0 Å². The van der Waals surface area contributed by atoms with E-state index in [2.05, 4.69) is 26.5 Å². The van der Waals surface area contributed by atoms with E-state index in [-0.39, 0.29) is 5.91 Å². The number of benzene rings is 3. The molecule has 0 spiro atoms. The molecule has 0 fully saturated rings. The van der Waals surface area contributed by atoms with Crippen LogP contribution < -0.4 is 10.2 Å². The highest BCUT2D eigenvalue weighted by atomic mass is 79.9. The fourth-order valence-corrected chi connectivity index (χ4v) is 3.06. The first-order valence-electron chi connectivity index (χ1n) is 8.91. The second-order valence-corrected chi connectivity index (χ2v) is 7.37. The second kappa shape index (κ2) is 9.30. The summed E-state index contributed by atoms with van der Waals surface area (Å²) < 4.78 is 6.35. The van der Waals surface area contributed by atoms with E-state index >= 15 is 0 Å². The minimum Gasteiger partial charge on any atom is -0.422 e. The molecule has 0 aliphatic rings. The number of aryl methyl sites for hydroxylation is 2. The summed E-state index contributed by atoms with van der Waals surface area (Å²) in [6, 6.07) is 19.6. The van der Waals surface area contributed by atoms with Crippen molar-refractivity contribution in [3.8, 4) is 5.75 Å². The highest BCUT2D eigenvalue weighted by Crippen LogP contribution is 2.23. The second-order valence-electron chi connectivity index (χ2n) is 6.46. The van der Waals surface area contributed by atoms with Crippen molar-refractivity contribution in [2.24, 2.45) is 5.10 Å². The lowest BCUT2D eigenvalue weighted by Gasteiger charge is -2.09. The van der Waals surface area contributed by atoms with E-state index in [1.165, 1.54) is 6.21 Å². The Kier molecular flexibility index (Phi) is 6.57. The smallest absolute Gasteiger partial charge is 0.343 e. The van der Waals surface area contributed by atoms with Crippen LogP contribution in [0.5, 0.6) is 5.75 Å². The van der Waals surface area contributed by atoms with Gasteiger partial charge in [-0.15, -0.1) is 0 Å². The minimum atomic E-state index is -0.455. The molecule has 0 heterocycles. The molecule has 0 aromatic heterocycles. The number of ether oxygens (including phenoxy) is 1. The molecular weight excluding hydrogens is 432 g/mol. The predicted octanol–water partition coefficient (Wildman–Crippen LogP) is 5.05. The number of rotatable bonds is 5. The summed E-state index contributed by atoms with van der Waals surface area (Å²) in [7, 11) is 0. The maximum atomic E-state index is 12.5. The van der Waals surface area contributed by atoms with Gasteiger partial charge in [-0.25, -0.2) is 10.2 Å². The van der Waals surface area contributed by atoms with Gasteiger partial charge < -0.3 is 4.74 Å². The molecule has 0 aliphatic heterocycles. The molecule has 0 saturated heterocycles. The first-order valence-corrected chi connectivity index (χ1v) is 9.71. The zero-order chi connectivity index (χ0) is 20.8. The number of halogens is 1. The Morgan fingerprint density at radius 2 is 1.79 bits per heavy atom. The van der Waals surface area contributed by atoms with Crippen LogP contribution in [0.15, 0.2) is 76.3 Å². The van der Waals surface area contributed by atoms with Gasteiger partial charge in [0.2, 0.25) is 0 Å². The summed E-state index contributed by atoms with van der Waals surface area (Å²) in [5, 5.41) is 4.01. The van der Waals surface area contributed by atoms with Gasteiger partial charge in [0.05, 0.1) is 11.8 Å². The first-order chi connectivity index (χ1) is 13.9. The molecule has 0 bridgehead atoms. The third-order valence-electron chi connectivity index (χ3n) is 4.19. The van der Waals surface area contributed by atoms with E-state index in [0.717, 1.165) is 15.6 Å². The van der Waals surface area contributed by atoms with Crippen molar-refractivity contribution in [2.75, 3.05) is 0 Å². The van der Waals surface area contributed by atoms with E-state index in [1.807, 2.05) is 38.1 Å². The van der Waals surface area contributed by atoms with Crippen molar-refractivity contribution >= 4 is 34.0 Å². The molecule has 3 rings (SSSR count). The summed E-state index contributed by atoms with van der Waals surface area (Å²) >= 11 is 3.40. The van der Waals surface area contributed by atoms with Crippen LogP contribution in [0.4, 0.5) is 0 Å². The average molecular weight is 451 g/mol. The summed E-state index contributed by atoms with van der Waals surface area (Å²) in [4.78, 5) is 24.7. The van der Waals surface area contributed by atoms with Crippen LogP contribution in [0.25, 0.3) is 0 Å². The van der Waals surface area contributed by atoms with Crippen molar-refractivity contribution in [1.29, 1.82) is 0 Å². The Hall–Kier alpha value is -3.25. The minimum absolute atomic E-state index is 0.321. The van der Waals surface area contributed by atoms with Gasteiger partial charge in [-0.05, 0) is 55.8 Å². The van der Waals surface area contributed by atoms with Gasteiger partial charge in [-0.1, -0.05) is 51.8 Å². The lowest BCUT2D eigenvalue weighted by atomic mass is 10.1. The Bertz CT molecular complexity index is 1090. The van der Waals surface area contributed by atoms with Gasteiger partial charge in [0.1, 0.15) is 5.75 Å². The van der Waals surface area contributed by atoms with E-state index in [0.29, 0.717) is 22.4 Å². The number of amides is 1. The molecule has 0 aliphatic carbocycles. The quantitative estimate of drug-likeness (QED) is 0.256. The number of carbonyl (C=O) groups excluding carboxylic acids is 2. The molecule has 29 heavy (non-hydrogen) atoms. The molecule has 0 radical (unpaired) electrons. The van der Waals surface area contributed by atoms with Gasteiger partial charge >= 0.3 is 5.97 Å². The zero-order valence-corrected chi connectivity index (χ0v) is 17.6. The van der Waals surface area contributed by atoms with Gasteiger partial charge in [-0.2, -0.15) is 5.10 Å². The number of hydrogen-bond donors (Lipinski definition) is 1. The van der Waals surface area contributed by atoms with E-state index in [9.17, 15) is 9.59 Å². The molecule has 1 amide bonds. The fourth-order valence-electron chi connectivity index (χ4n) is 2.68. The van der Waals surface area contributed by atoms with Crippen LogP contribution in [0.1, 0.15) is 37.4 Å². The monoisotopic (exact) mass is 450 g/mol. The maximum Gasteiger partial charge on any atom is 0.343 e. The summed E-state index contributed by atoms with van der Waals surface area (Å²) in [5.41, 5.74) is 5.86. The number of hydrogen-bond acceptors (Lipinski definition) is 4. The SMILES string of the molecule is Cc1cccc(C(=O)N/N=C\c2cc(Br)ccc2OC(=O)c2ccccc2C)c1. The normalized spacial score (nSPS) is 10.7. The summed E-state index contributed by atoms with van der Waals surface area (Å²) in [6.07, 6.45) is 1.44. The van der Waals surface area contributed by atoms with Crippen LogP contribution in [0.3, 0.4) is 0 Å². The van der Waals surface area contributed by atoms with Crippen molar-refractivity contribution in [3.05, 3.63) is 99.0 Å². The van der Waals surface area contributed by atoms with E-state index in [1.54, 1.807) is 42.5 Å². The third-order valence-corrected chi connectivity index (χ3v) is 4.68. The maximum absolute atomic E-state index is 12.5. The van der Waals surface area contributed by atoms with Crippen LogP contribution >= 0.6 is 15.9 Å². The van der Waals surface area contributed by atoms with Gasteiger partial charge in [0, 0.05) is 15.6 Å². The molecule has 6 heteroatoms. The molecule has 5 nitrogen and oxygen atoms in total. The fraction of sp³-hybridized carbons (Fsp3) is 0.0870. The number of esters is 1. The Balaban J connectivity index is 1.76. The lowest BCUT2D eigenvalue weighted by Crippen LogP contribution is -2.17. The highest BCUT2D eigenvalue weighted by molar-refractivity contribution is 9.10. The number of hydrazone groups is 1. The van der Waals surface area contributed by atoms with Gasteiger partial charge in [-0.3, -0.25) is 4.79 Å². The van der Waals surface area contributed by atoms with Crippen molar-refractivity contribution < 1.29 is 14.3 Å².